The minimum absolute atomic E-state index is 0.240. The highest BCUT2D eigenvalue weighted by Gasteiger charge is 2.20. The van der Waals surface area contributed by atoms with Crippen molar-refractivity contribution in [2.75, 3.05) is 5.32 Å². The van der Waals surface area contributed by atoms with Crippen LogP contribution in [-0.4, -0.2) is 20.4 Å². The predicted octanol–water partition coefficient (Wildman–Crippen LogP) is 2.77. The van der Waals surface area contributed by atoms with Gasteiger partial charge in [-0.2, -0.15) is 0 Å². The number of carbonyl (C=O) groups is 1. The maximum absolute atomic E-state index is 11.2. The molecule has 2 aromatic heterocycles. The van der Waals surface area contributed by atoms with Crippen molar-refractivity contribution < 1.29 is 4.79 Å². The molecule has 1 atom stereocenters. The number of anilines is 1. The number of nitrogens with two attached hydrogens (primary N) is 1. The van der Waals surface area contributed by atoms with Gasteiger partial charge in [0.15, 0.2) is 0 Å². The van der Waals surface area contributed by atoms with Gasteiger partial charge in [-0.3, -0.25) is 4.79 Å². The molecule has 7 heteroatoms. The Balaban J connectivity index is 1.99. The van der Waals surface area contributed by atoms with Crippen molar-refractivity contribution in [2.24, 2.45) is 12.8 Å². The number of nitrogens with one attached hydrogen (secondary N) is 1. The lowest BCUT2D eigenvalue weighted by atomic mass is 10.1. The van der Waals surface area contributed by atoms with Gasteiger partial charge < -0.3 is 15.6 Å². The summed E-state index contributed by atoms with van der Waals surface area (Å²) in [6.45, 7) is 0. The first-order valence-electron chi connectivity index (χ1n) is 7.30. The number of hydrogen-bond donors (Lipinski definition) is 2. The van der Waals surface area contributed by atoms with Crippen LogP contribution in [0.4, 0.5) is 5.82 Å². The first kappa shape index (κ1) is 16.0. The summed E-state index contributed by atoms with van der Waals surface area (Å²) in [5.41, 5.74) is 6.53. The van der Waals surface area contributed by atoms with E-state index in [-0.39, 0.29) is 11.6 Å². The standard InChI is InChI=1S/C17H16ClN5O/c1-23-8-7-20-17(23)14(11-5-3-2-4-6-11)22-16-13(18)9-12(10-21-16)15(19)24/h2-10,14H,1H3,(H2,19,24)(H,21,22)/t14-/m1/s1. The van der Waals surface area contributed by atoms with E-state index >= 15 is 0 Å². The van der Waals surface area contributed by atoms with Crippen molar-refractivity contribution in [3.8, 4) is 0 Å². The van der Waals surface area contributed by atoms with Crippen LogP contribution >= 0.6 is 11.6 Å². The Morgan fingerprint density at radius 2 is 2.04 bits per heavy atom. The number of aryl methyl sites for hydroxylation is 1. The second-order valence-electron chi connectivity index (χ2n) is 5.30. The van der Waals surface area contributed by atoms with E-state index in [1.807, 2.05) is 48.1 Å². The van der Waals surface area contributed by atoms with Crippen LogP contribution in [0.3, 0.4) is 0 Å². The Morgan fingerprint density at radius 3 is 2.62 bits per heavy atom. The molecule has 24 heavy (non-hydrogen) atoms. The van der Waals surface area contributed by atoms with Crippen LogP contribution in [0.2, 0.25) is 5.02 Å². The molecule has 3 aromatic rings. The number of primary amides is 1. The van der Waals surface area contributed by atoms with Gasteiger partial charge in [0.05, 0.1) is 10.6 Å². The van der Waals surface area contributed by atoms with Crippen molar-refractivity contribution in [3.63, 3.8) is 0 Å². The summed E-state index contributed by atoms with van der Waals surface area (Å²) in [7, 11) is 1.92. The zero-order chi connectivity index (χ0) is 17.1. The molecule has 0 saturated heterocycles. The first-order chi connectivity index (χ1) is 11.6. The van der Waals surface area contributed by atoms with E-state index in [0.29, 0.717) is 10.8 Å². The van der Waals surface area contributed by atoms with E-state index in [9.17, 15) is 4.79 Å². The third kappa shape index (κ3) is 3.23. The topological polar surface area (TPSA) is 85.8 Å². The van der Waals surface area contributed by atoms with Crippen LogP contribution < -0.4 is 11.1 Å². The highest BCUT2D eigenvalue weighted by Crippen LogP contribution is 2.28. The summed E-state index contributed by atoms with van der Waals surface area (Å²) >= 11 is 6.25. The van der Waals surface area contributed by atoms with E-state index in [1.54, 1.807) is 6.20 Å². The summed E-state index contributed by atoms with van der Waals surface area (Å²) in [6, 6.07) is 11.1. The zero-order valence-corrected chi connectivity index (χ0v) is 13.7. The molecule has 3 rings (SSSR count). The maximum Gasteiger partial charge on any atom is 0.250 e. The van der Waals surface area contributed by atoms with Gasteiger partial charge in [-0.15, -0.1) is 0 Å². The number of benzene rings is 1. The third-order valence-electron chi connectivity index (χ3n) is 3.66. The molecule has 2 heterocycles. The fourth-order valence-electron chi connectivity index (χ4n) is 2.41. The van der Waals surface area contributed by atoms with E-state index in [0.717, 1.165) is 11.4 Å². The molecule has 0 aliphatic heterocycles. The molecular weight excluding hydrogens is 326 g/mol. The molecule has 0 aliphatic rings. The average molecular weight is 342 g/mol. The molecular formula is C17H16ClN5O. The Labute approximate surface area is 144 Å². The number of pyridine rings is 1. The molecule has 1 aromatic carbocycles. The Bertz CT molecular complexity index is 862. The normalized spacial score (nSPS) is 11.9. The van der Waals surface area contributed by atoms with Crippen molar-refractivity contribution in [2.45, 2.75) is 6.04 Å². The molecule has 0 bridgehead atoms. The van der Waals surface area contributed by atoms with Gasteiger partial charge in [0.25, 0.3) is 0 Å². The quantitative estimate of drug-likeness (QED) is 0.747. The fraction of sp³-hybridized carbons (Fsp3) is 0.118. The van der Waals surface area contributed by atoms with Gasteiger partial charge in [0.1, 0.15) is 17.7 Å². The summed E-state index contributed by atoms with van der Waals surface area (Å²) in [5.74, 6) is 0.705. The van der Waals surface area contributed by atoms with Gasteiger partial charge in [-0.05, 0) is 11.6 Å². The van der Waals surface area contributed by atoms with Crippen LogP contribution in [0, 0.1) is 0 Å². The molecule has 0 spiro atoms. The highest BCUT2D eigenvalue weighted by atomic mass is 35.5. The van der Waals surface area contributed by atoms with Crippen LogP contribution in [-0.2, 0) is 7.05 Å². The second-order valence-corrected chi connectivity index (χ2v) is 5.71. The van der Waals surface area contributed by atoms with Crippen molar-refractivity contribution in [1.29, 1.82) is 0 Å². The van der Waals surface area contributed by atoms with Gasteiger partial charge in [0.2, 0.25) is 5.91 Å². The molecule has 122 valence electrons. The SMILES string of the molecule is Cn1ccnc1[C@H](Nc1ncc(C(N)=O)cc1Cl)c1ccccc1. The number of hydrogen-bond acceptors (Lipinski definition) is 4. The average Bonchev–Trinajstić information content (AvgIpc) is 3.00. The monoisotopic (exact) mass is 341 g/mol. The smallest absolute Gasteiger partial charge is 0.250 e. The number of rotatable bonds is 5. The van der Waals surface area contributed by atoms with E-state index < -0.39 is 5.91 Å². The second kappa shape index (κ2) is 6.72. The maximum atomic E-state index is 11.2. The molecule has 0 fully saturated rings. The highest BCUT2D eigenvalue weighted by molar-refractivity contribution is 6.33. The fourth-order valence-corrected chi connectivity index (χ4v) is 2.63. The van der Waals surface area contributed by atoms with Crippen molar-refractivity contribution >= 4 is 23.3 Å². The molecule has 0 radical (unpaired) electrons. The van der Waals surface area contributed by atoms with Gasteiger partial charge in [-0.1, -0.05) is 41.9 Å². The van der Waals surface area contributed by atoms with Crippen molar-refractivity contribution in [1.82, 2.24) is 14.5 Å². The lowest BCUT2D eigenvalue weighted by molar-refractivity contribution is 0.1000. The molecule has 3 N–H and O–H groups in total. The van der Waals surface area contributed by atoms with Crippen LogP contribution in [0.1, 0.15) is 27.8 Å². The number of carbonyl (C=O) groups excluding carboxylic acids is 1. The lowest BCUT2D eigenvalue weighted by Crippen LogP contribution is -2.18. The summed E-state index contributed by atoms with van der Waals surface area (Å²) in [6.07, 6.45) is 5.01. The molecule has 1 amide bonds. The Hall–Kier alpha value is -2.86. The van der Waals surface area contributed by atoms with Crippen LogP contribution in [0.25, 0.3) is 0 Å². The van der Waals surface area contributed by atoms with Crippen LogP contribution in [0.5, 0.6) is 0 Å². The number of aromatic nitrogens is 3. The lowest BCUT2D eigenvalue weighted by Gasteiger charge is -2.20. The molecule has 0 aliphatic carbocycles. The van der Waals surface area contributed by atoms with Gasteiger partial charge in [0, 0.05) is 25.6 Å². The third-order valence-corrected chi connectivity index (χ3v) is 3.94. The number of amides is 1. The van der Waals surface area contributed by atoms with E-state index in [4.69, 9.17) is 17.3 Å². The first-order valence-corrected chi connectivity index (χ1v) is 7.68. The predicted molar refractivity (Wildman–Crippen MR) is 92.9 cm³/mol. The zero-order valence-electron chi connectivity index (χ0n) is 13.0. The molecule has 6 nitrogen and oxygen atoms in total. The minimum Gasteiger partial charge on any atom is -0.366 e. The van der Waals surface area contributed by atoms with E-state index in [2.05, 4.69) is 15.3 Å². The van der Waals surface area contributed by atoms with Gasteiger partial charge in [-0.25, -0.2) is 9.97 Å². The largest absolute Gasteiger partial charge is 0.366 e. The summed E-state index contributed by atoms with van der Waals surface area (Å²) in [4.78, 5) is 19.9. The number of nitrogens with zero attached hydrogens (tertiary/aromatic N) is 3. The van der Waals surface area contributed by atoms with Crippen molar-refractivity contribution in [3.05, 3.63) is 77.0 Å². The number of halogens is 1. The molecule has 0 unspecified atom stereocenters. The Morgan fingerprint density at radius 1 is 1.29 bits per heavy atom. The Kier molecular flexibility index (Phi) is 4.48. The van der Waals surface area contributed by atoms with Gasteiger partial charge >= 0.3 is 0 Å². The summed E-state index contributed by atoms with van der Waals surface area (Å²) in [5, 5.41) is 3.62. The van der Waals surface area contributed by atoms with E-state index in [1.165, 1.54) is 12.3 Å². The number of imidazole rings is 1. The minimum atomic E-state index is -0.570. The van der Waals surface area contributed by atoms with Crippen LogP contribution in [0.15, 0.2) is 55.0 Å². The summed E-state index contributed by atoms with van der Waals surface area (Å²) < 4.78 is 1.93. The molecule has 0 saturated carbocycles.